The molecule has 0 aromatic heterocycles. The second kappa shape index (κ2) is 7.93. The number of fused-ring (bicyclic) bond motifs is 1. The van der Waals surface area contributed by atoms with Gasteiger partial charge in [-0.2, -0.15) is 5.10 Å². The molecule has 0 saturated heterocycles. The molecule has 2 aromatic carbocycles. The summed E-state index contributed by atoms with van der Waals surface area (Å²) in [5, 5.41) is 8.09. The van der Waals surface area contributed by atoms with Gasteiger partial charge < -0.3 is 10.1 Å². The first kappa shape index (κ1) is 16.5. The van der Waals surface area contributed by atoms with Crippen molar-refractivity contribution in [3.8, 4) is 5.75 Å². The average molecular weight is 339 g/mol. The van der Waals surface area contributed by atoms with Crippen molar-refractivity contribution in [3.63, 3.8) is 0 Å². The SMILES string of the molecule is CCOc1ccccc1/C=N/NC(=S)N[C@H]1CCc2ccccc21. The van der Waals surface area contributed by atoms with Crippen molar-refractivity contribution in [1.82, 2.24) is 10.7 Å². The van der Waals surface area contributed by atoms with Crippen LogP contribution in [0.4, 0.5) is 0 Å². The van der Waals surface area contributed by atoms with E-state index in [2.05, 4.69) is 40.1 Å². The van der Waals surface area contributed by atoms with E-state index in [1.54, 1.807) is 6.21 Å². The van der Waals surface area contributed by atoms with E-state index >= 15 is 0 Å². The summed E-state index contributed by atoms with van der Waals surface area (Å²) in [6.07, 6.45) is 3.86. The highest BCUT2D eigenvalue weighted by Crippen LogP contribution is 2.30. The van der Waals surface area contributed by atoms with Crippen molar-refractivity contribution in [2.75, 3.05) is 6.61 Å². The third-order valence-corrected chi connectivity index (χ3v) is 4.24. The van der Waals surface area contributed by atoms with Crippen LogP contribution in [0.3, 0.4) is 0 Å². The van der Waals surface area contributed by atoms with Gasteiger partial charge in [-0.3, -0.25) is 5.43 Å². The summed E-state index contributed by atoms with van der Waals surface area (Å²) < 4.78 is 5.57. The number of hydrogen-bond acceptors (Lipinski definition) is 3. The summed E-state index contributed by atoms with van der Waals surface area (Å²) in [6, 6.07) is 16.5. The number of hydrazone groups is 1. The van der Waals surface area contributed by atoms with Crippen LogP contribution in [-0.4, -0.2) is 17.9 Å². The van der Waals surface area contributed by atoms with Crippen LogP contribution in [0.25, 0.3) is 0 Å². The van der Waals surface area contributed by atoms with Crippen LogP contribution in [-0.2, 0) is 6.42 Å². The Morgan fingerprint density at radius 1 is 1.25 bits per heavy atom. The molecule has 0 saturated carbocycles. The molecular formula is C19H21N3OS. The first-order valence-electron chi connectivity index (χ1n) is 8.17. The Balaban J connectivity index is 1.57. The number of thiocarbonyl (C=S) groups is 1. The molecular weight excluding hydrogens is 318 g/mol. The molecule has 0 bridgehead atoms. The minimum absolute atomic E-state index is 0.257. The maximum Gasteiger partial charge on any atom is 0.187 e. The second-order valence-electron chi connectivity index (χ2n) is 5.60. The lowest BCUT2D eigenvalue weighted by Gasteiger charge is -2.15. The lowest BCUT2D eigenvalue weighted by molar-refractivity contribution is 0.340. The van der Waals surface area contributed by atoms with E-state index in [9.17, 15) is 0 Å². The summed E-state index contributed by atoms with van der Waals surface area (Å²) in [5.41, 5.74) is 6.53. The lowest BCUT2D eigenvalue weighted by atomic mass is 10.1. The first-order valence-corrected chi connectivity index (χ1v) is 8.58. The Kier molecular flexibility index (Phi) is 5.43. The predicted octanol–water partition coefficient (Wildman–Crippen LogP) is 3.57. The van der Waals surface area contributed by atoms with E-state index in [1.165, 1.54) is 11.1 Å². The molecule has 1 aliphatic carbocycles. The fraction of sp³-hybridized carbons (Fsp3) is 0.263. The van der Waals surface area contributed by atoms with E-state index in [1.807, 2.05) is 31.2 Å². The van der Waals surface area contributed by atoms with Crippen LogP contribution in [0, 0.1) is 0 Å². The third kappa shape index (κ3) is 3.92. The highest BCUT2D eigenvalue weighted by atomic mass is 32.1. The minimum atomic E-state index is 0.257. The van der Waals surface area contributed by atoms with Gasteiger partial charge in [-0.1, -0.05) is 36.4 Å². The van der Waals surface area contributed by atoms with Gasteiger partial charge in [0.25, 0.3) is 0 Å². The van der Waals surface area contributed by atoms with Crippen LogP contribution < -0.4 is 15.5 Å². The van der Waals surface area contributed by atoms with Gasteiger partial charge >= 0.3 is 0 Å². The monoisotopic (exact) mass is 339 g/mol. The number of aryl methyl sites for hydroxylation is 1. The molecule has 0 unspecified atom stereocenters. The van der Waals surface area contributed by atoms with Crippen molar-refractivity contribution in [3.05, 3.63) is 65.2 Å². The molecule has 3 rings (SSSR count). The number of nitrogens with one attached hydrogen (secondary N) is 2. The molecule has 24 heavy (non-hydrogen) atoms. The van der Waals surface area contributed by atoms with Crippen molar-refractivity contribution in [2.45, 2.75) is 25.8 Å². The van der Waals surface area contributed by atoms with Crippen molar-refractivity contribution >= 4 is 23.5 Å². The first-order chi connectivity index (χ1) is 11.8. The molecule has 0 spiro atoms. The summed E-state index contributed by atoms with van der Waals surface area (Å²) in [7, 11) is 0. The van der Waals surface area contributed by atoms with Gasteiger partial charge in [0.1, 0.15) is 5.75 Å². The van der Waals surface area contributed by atoms with Crippen LogP contribution in [0.1, 0.15) is 36.1 Å². The lowest BCUT2D eigenvalue weighted by Crippen LogP contribution is -2.34. The van der Waals surface area contributed by atoms with Crippen LogP contribution in [0.5, 0.6) is 5.75 Å². The zero-order valence-electron chi connectivity index (χ0n) is 13.7. The van der Waals surface area contributed by atoms with Crippen molar-refractivity contribution in [1.29, 1.82) is 0 Å². The number of rotatable bonds is 5. The largest absolute Gasteiger partial charge is 0.493 e. The third-order valence-electron chi connectivity index (χ3n) is 4.03. The van der Waals surface area contributed by atoms with E-state index < -0.39 is 0 Å². The molecule has 124 valence electrons. The molecule has 0 aliphatic heterocycles. The van der Waals surface area contributed by atoms with Gasteiger partial charge in [0.05, 0.1) is 18.9 Å². The zero-order chi connectivity index (χ0) is 16.8. The molecule has 5 heteroatoms. The van der Waals surface area contributed by atoms with E-state index in [0.29, 0.717) is 11.7 Å². The Morgan fingerprint density at radius 2 is 2.04 bits per heavy atom. The van der Waals surface area contributed by atoms with E-state index in [0.717, 1.165) is 24.2 Å². The number of para-hydroxylation sites is 1. The van der Waals surface area contributed by atoms with Gasteiger partial charge in [0.15, 0.2) is 5.11 Å². The summed E-state index contributed by atoms with van der Waals surface area (Å²) in [6.45, 7) is 2.59. The maximum atomic E-state index is 5.57. The predicted molar refractivity (Wildman–Crippen MR) is 102 cm³/mol. The Labute approximate surface area is 147 Å². The fourth-order valence-electron chi connectivity index (χ4n) is 2.93. The number of nitrogens with zero attached hydrogens (tertiary/aromatic N) is 1. The van der Waals surface area contributed by atoms with Crippen LogP contribution in [0.2, 0.25) is 0 Å². The normalized spacial score (nSPS) is 16.0. The van der Waals surface area contributed by atoms with E-state index in [4.69, 9.17) is 17.0 Å². The Bertz CT molecular complexity index is 745. The fourth-order valence-corrected chi connectivity index (χ4v) is 3.13. The minimum Gasteiger partial charge on any atom is -0.493 e. The molecule has 2 N–H and O–H groups in total. The molecule has 1 atom stereocenters. The second-order valence-corrected chi connectivity index (χ2v) is 6.01. The highest BCUT2D eigenvalue weighted by Gasteiger charge is 2.22. The molecule has 1 aliphatic rings. The number of ether oxygens (including phenoxy) is 1. The van der Waals surface area contributed by atoms with Crippen molar-refractivity contribution < 1.29 is 4.74 Å². The average Bonchev–Trinajstić information content (AvgIpc) is 3.00. The zero-order valence-corrected chi connectivity index (χ0v) is 14.5. The summed E-state index contributed by atoms with van der Waals surface area (Å²) >= 11 is 5.35. The van der Waals surface area contributed by atoms with Gasteiger partial charge in [-0.05, 0) is 55.2 Å². The summed E-state index contributed by atoms with van der Waals surface area (Å²) in [5.74, 6) is 0.814. The Morgan fingerprint density at radius 3 is 2.92 bits per heavy atom. The number of hydrogen-bond donors (Lipinski definition) is 2. The van der Waals surface area contributed by atoms with Gasteiger partial charge in [-0.15, -0.1) is 0 Å². The topological polar surface area (TPSA) is 45.6 Å². The molecule has 2 aromatic rings. The standard InChI is InChI=1S/C19H21N3OS/c1-2-23-18-10-6-4-8-15(18)13-20-22-19(24)21-17-12-11-14-7-3-5-9-16(14)17/h3-10,13,17H,2,11-12H2,1H3,(H2,21,22,24)/b20-13+/t17-/m0/s1. The highest BCUT2D eigenvalue weighted by molar-refractivity contribution is 7.80. The number of benzene rings is 2. The van der Waals surface area contributed by atoms with Crippen LogP contribution in [0.15, 0.2) is 53.6 Å². The quantitative estimate of drug-likeness (QED) is 0.497. The molecule has 0 heterocycles. The van der Waals surface area contributed by atoms with Crippen molar-refractivity contribution in [2.24, 2.45) is 5.10 Å². The summed E-state index contributed by atoms with van der Waals surface area (Å²) in [4.78, 5) is 0. The van der Waals surface area contributed by atoms with E-state index in [-0.39, 0.29) is 6.04 Å². The molecule has 0 amide bonds. The van der Waals surface area contributed by atoms with Gasteiger partial charge in [0.2, 0.25) is 0 Å². The molecule has 0 radical (unpaired) electrons. The van der Waals surface area contributed by atoms with Gasteiger partial charge in [0, 0.05) is 5.56 Å². The Hall–Kier alpha value is -2.40. The van der Waals surface area contributed by atoms with Crippen LogP contribution >= 0.6 is 12.2 Å². The van der Waals surface area contributed by atoms with Gasteiger partial charge in [-0.25, -0.2) is 0 Å². The maximum absolute atomic E-state index is 5.57. The molecule has 0 fully saturated rings. The molecule has 4 nitrogen and oxygen atoms in total. The smallest absolute Gasteiger partial charge is 0.187 e.